The Hall–Kier alpha value is -0.580. The summed E-state index contributed by atoms with van der Waals surface area (Å²) in [4.78, 5) is 0. The minimum atomic E-state index is -0.465. The number of hydrogen-bond acceptors (Lipinski definition) is 3. The van der Waals surface area contributed by atoms with E-state index >= 15 is 0 Å². The molecule has 0 amide bonds. The van der Waals surface area contributed by atoms with Gasteiger partial charge in [-0.1, -0.05) is 22.9 Å². The Morgan fingerprint density at radius 3 is 2.71 bits per heavy atom. The van der Waals surface area contributed by atoms with Gasteiger partial charge in [-0.15, -0.1) is 0 Å². The molecule has 1 aliphatic rings. The molecule has 0 aliphatic heterocycles. The molecular formula is C17H26BrNO2. The van der Waals surface area contributed by atoms with Crippen LogP contribution >= 0.6 is 15.9 Å². The summed E-state index contributed by atoms with van der Waals surface area (Å²) in [5.41, 5.74) is 2.21. The van der Waals surface area contributed by atoms with Crippen LogP contribution in [0.4, 0.5) is 5.69 Å². The van der Waals surface area contributed by atoms with Crippen molar-refractivity contribution in [3.05, 3.63) is 28.2 Å². The molecule has 21 heavy (non-hydrogen) atoms. The average molecular weight is 356 g/mol. The Morgan fingerprint density at radius 1 is 1.33 bits per heavy atom. The lowest BCUT2D eigenvalue weighted by Crippen LogP contribution is -2.29. The quantitative estimate of drug-likeness (QED) is 0.806. The first kappa shape index (κ1) is 16.8. The number of ether oxygens (including phenoxy) is 1. The summed E-state index contributed by atoms with van der Waals surface area (Å²) < 4.78 is 6.93. The molecular weight excluding hydrogens is 330 g/mol. The summed E-state index contributed by atoms with van der Waals surface area (Å²) in [6.07, 6.45) is 4.63. The van der Waals surface area contributed by atoms with Gasteiger partial charge in [-0.2, -0.15) is 0 Å². The van der Waals surface area contributed by atoms with E-state index in [1.807, 2.05) is 12.1 Å². The van der Waals surface area contributed by atoms with Crippen molar-refractivity contribution < 1.29 is 9.84 Å². The van der Waals surface area contributed by atoms with Crippen LogP contribution in [0.15, 0.2) is 22.7 Å². The van der Waals surface area contributed by atoms with E-state index in [1.165, 1.54) is 18.4 Å². The molecule has 0 radical (unpaired) electrons. The summed E-state index contributed by atoms with van der Waals surface area (Å²) in [6, 6.07) is 6.09. The zero-order chi connectivity index (χ0) is 15.2. The third kappa shape index (κ3) is 5.61. The zero-order valence-corrected chi connectivity index (χ0v) is 14.5. The molecule has 0 aromatic heterocycles. The number of hydrogen-bond donors (Lipinski definition) is 2. The van der Waals surface area contributed by atoms with Crippen molar-refractivity contribution >= 4 is 21.6 Å². The van der Waals surface area contributed by atoms with E-state index in [0.717, 1.165) is 28.9 Å². The summed E-state index contributed by atoms with van der Waals surface area (Å²) in [6.45, 7) is 5.29. The van der Waals surface area contributed by atoms with Crippen LogP contribution < -0.4 is 5.32 Å². The Morgan fingerprint density at radius 2 is 2.05 bits per heavy atom. The molecule has 2 rings (SSSR count). The second-order valence-corrected chi connectivity index (χ2v) is 7.07. The van der Waals surface area contributed by atoms with E-state index < -0.39 is 6.10 Å². The molecule has 1 saturated carbocycles. The monoisotopic (exact) mass is 355 g/mol. The van der Waals surface area contributed by atoms with Crippen LogP contribution in [0.1, 0.15) is 38.2 Å². The normalized spacial score (nSPS) is 23.8. The van der Waals surface area contributed by atoms with Crippen LogP contribution in [-0.4, -0.2) is 30.5 Å². The number of nitrogens with one attached hydrogen (secondary N) is 1. The summed E-state index contributed by atoms with van der Waals surface area (Å²) >= 11 is 3.49. The van der Waals surface area contributed by atoms with Gasteiger partial charge in [0.05, 0.1) is 18.8 Å². The van der Waals surface area contributed by atoms with Crippen LogP contribution in [-0.2, 0) is 4.74 Å². The molecule has 4 heteroatoms. The number of aliphatic hydroxyl groups is 1. The molecule has 118 valence electrons. The molecule has 1 atom stereocenters. The maximum absolute atomic E-state index is 10.0. The summed E-state index contributed by atoms with van der Waals surface area (Å²) in [7, 11) is 0. The third-order valence-electron chi connectivity index (χ3n) is 4.19. The van der Waals surface area contributed by atoms with E-state index in [0.29, 0.717) is 19.3 Å². The highest BCUT2D eigenvalue weighted by Crippen LogP contribution is 2.25. The van der Waals surface area contributed by atoms with Gasteiger partial charge in [-0.25, -0.2) is 0 Å². The minimum absolute atomic E-state index is 0.339. The highest BCUT2D eigenvalue weighted by molar-refractivity contribution is 9.10. The number of halogens is 1. The SMILES string of the molecule is Cc1cc(NCC(O)COC2CCC(C)CC2)ccc1Br. The van der Waals surface area contributed by atoms with E-state index in [1.54, 1.807) is 0 Å². The van der Waals surface area contributed by atoms with Crippen molar-refractivity contribution in [3.63, 3.8) is 0 Å². The lowest BCUT2D eigenvalue weighted by molar-refractivity contribution is -0.0245. The van der Waals surface area contributed by atoms with Crippen molar-refractivity contribution in [3.8, 4) is 0 Å². The van der Waals surface area contributed by atoms with Crippen molar-refractivity contribution in [2.24, 2.45) is 5.92 Å². The topological polar surface area (TPSA) is 41.5 Å². The predicted molar refractivity (Wildman–Crippen MR) is 90.7 cm³/mol. The lowest BCUT2D eigenvalue weighted by atomic mass is 9.89. The Balaban J connectivity index is 1.67. The zero-order valence-electron chi connectivity index (χ0n) is 12.9. The largest absolute Gasteiger partial charge is 0.389 e. The molecule has 1 fully saturated rings. The molecule has 0 heterocycles. The number of anilines is 1. The first-order chi connectivity index (χ1) is 10.0. The molecule has 0 saturated heterocycles. The van der Waals surface area contributed by atoms with Gasteiger partial charge in [0.2, 0.25) is 0 Å². The second kappa shape index (κ2) is 8.16. The van der Waals surface area contributed by atoms with Crippen LogP contribution in [0, 0.1) is 12.8 Å². The predicted octanol–water partition coefficient (Wildman–Crippen LogP) is 4.13. The molecule has 2 N–H and O–H groups in total. The van der Waals surface area contributed by atoms with Gasteiger partial charge in [0.1, 0.15) is 0 Å². The molecule has 1 unspecified atom stereocenters. The van der Waals surface area contributed by atoms with Crippen molar-refractivity contribution in [1.82, 2.24) is 0 Å². The van der Waals surface area contributed by atoms with Gasteiger partial charge >= 0.3 is 0 Å². The van der Waals surface area contributed by atoms with Gasteiger partial charge in [-0.3, -0.25) is 0 Å². The molecule has 1 aromatic carbocycles. The lowest BCUT2D eigenvalue weighted by Gasteiger charge is -2.27. The van der Waals surface area contributed by atoms with E-state index in [2.05, 4.69) is 41.2 Å². The Kier molecular flexibility index (Phi) is 6.52. The Bertz CT molecular complexity index is 444. The fourth-order valence-electron chi connectivity index (χ4n) is 2.69. The van der Waals surface area contributed by atoms with Crippen molar-refractivity contribution in [2.45, 2.75) is 51.7 Å². The van der Waals surface area contributed by atoms with Crippen molar-refractivity contribution in [2.75, 3.05) is 18.5 Å². The van der Waals surface area contributed by atoms with Crippen LogP contribution in [0.2, 0.25) is 0 Å². The van der Waals surface area contributed by atoms with Crippen LogP contribution in [0.25, 0.3) is 0 Å². The van der Waals surface area contributed by atoms with Crippen LogP contribution in [0.3, 0.4) is 0 Å². The molecule has 1 aliphatic carbocycles. The molecule has 0 bridgehead atoms. The Labute approximate surface area is 136 Å². The number of benzene rings is 1. The smallest absolute Gasteiger partial charge is 0.0945 e. The first-order valence-electron chi connectivity index (χ1n) is 7.84. The van der Waals surface area contributed by atoms with Gasteiger partial charge in [0, 0.05) is 16.7 Å². The highest BCUT2D eigenvalue weighted by atomic mass is 79.9. The minimum Gasteiger partial charge on any atom is -0.389 e. The maximum Gasteiger partial charge on any atom is 0.0945 e. The van der Waals surface area contributed by atoms with Gasteiger partial charge in [0.25, 0.3) is 0 Å². The molecule has 0 spiro atoms. The van der Waals surface area contributed by atoms with Gasteiger partial charge in [0.15, 0.2) is 0 Å². The maximum atomic E-state index is 10.0. The summed E-state index contributed by atoms with van der Waals surface area (Å²) in [5.74, 6) is 0.831. The van der Waals surface area contributed by atoms with E-state index in [9.17, 15) is 5.11 Å². The van der Waals surface area contributed by atoms with E-state index in [4.69, 9.17) is 4.74 Å². The third-order valence-corrected chi connectivity index (χ3v) is 5.08. The van der Waals surface area contributed by atoms with Crippen molar-refractivity contribution in [1.29, 1.82) is 0 Å². The fourth-order valence-corrected chi connectivity index (χ4v) is 2.94. The number of aryl methyl sites for hydroxylation is 1. The highest BCUT2D eigenvalue weighted by Gasteiger charge is 2.19. The number of rotatable bonds is 6. The van der Waals surface area contributed by atoms with Gasteiger partial charge < -0.3 is 15.2 Å². The standard InChI is InChI=1S/C17H26BrNO2/c1-12-3-6-16(7-4-12)21-11-15(20)10-19-14-5-8-17(18)13(2)9-14/h5,8-9,12,15-16,19-20H,3-4,6-7,10-11H2,1-2H3. The molecule has 1 aromatic rings. The average Bonchev–Trinajstić information content (AvgIpc) is 2.48. The van der Waals surface area contributed by atoms with Gasteiger partial charge in [-0.05, 0) is 62.3 Å². The second-order valence-electron chi connectivity index (χ2n) is 6.21. The first-order valence-corrected chi connectivity index (χ1v) is 8.63. The fraction of sp³-hybridized carbons (Fsp3) is 0.647. The summed E-state index contributed by atoms with van der Waals surface area (Å²) in [5, 5.41) is 13.3. The van der Waals surface area contributed by atoms with Crippen LogP contribution in [0.5, 0.6) is 0 Å². The van der Waals surface area contributed by atoms with E-state index in [-0.39, 0.29) is 0 Å². The number of aliphatic hydroxyl groups excluding tert-OH is 1. The molecule has 3 nitrogen and oxygen atoms in total.